The summed E-state index contributed by atoms with van der Waals surface area (Å²) in [7, 11) is 0. The molecule has 10 heteroatoms. The highest BCUT2D eigenvalue weighted by Gasteiger charge is 2.33. The first-order valence-electron chi connectivity index (χ1n) is 18.1. The fourth-order valence-electron chi connectivity index (χ4n) is 8.58. The maximum Gasteiger partial charge on any atom is 0.255 e. The SMILES string of the molecule is Cc1c(-c2cc3cc(F)cc(C4CCN(C(=O)C5CCC(O)CC5)CC4)c3n2CC2CC2)nn2cc(C(=O)N3CCCC(N)C3)ccc12. The molecule has 1 atom stereocenters. The number of carbonyl (C=O) groups excluding carboxylic acids is 2. The molecule has 3 N–H and O–H groups in total. The molecule has 1 aromatic carbocycles. The molecule has 9 nitrogen and oxygen atoms in total. The minimum absolute atomic E-state index is 0.00935. The molecule has 48 heavy (non-hydrogen) atoms. The van der Waals surface area contributed by atoms with E-state index in [9.17, 15) is 14.7 Å². The molecule has 0 radical (unpaired) electrons. The summed E-state index contributed by atoms with van der Waals surface area (Å²) in [6.07, 6.45) is 10.3. The van der Waals surface area contributed by atoms with E-state index in [-0.39, 0.29) is 41.6 Å². The van der Waals surface area contributed by atoms with Gasteiger partial charge in [-0.25, -0.2) is 8.91 Å². The number of fused-ring (bicyclic) bond motifs is 2. The molecule has 2 saturated carbocycles. The van der Waals surface area contributed by atoms with Crippen molar-refractivity contribution in [1.82, 2.24) is 24.0 Å². The summed E-state index contributed by atoms with van der Waals surface area (Å²) in [5, 5.41) is 15.8. The molecule has 5 heterocycles. The molecular weight excluding hydrogens is 607 g/mol. The summed E-state index contributed by atoms with van der Waals surface area (Å²) < 4.78 is 19.5. The lowest BCUT2D eigenvalue weighted by atomic mass is 9.84. The molecule has 2 aliphatic heterocycles. The first-order chi connectivity index (χ1) is 23.2. The van der Waals surface area contributed by atoms with Crippen molar-refractivity contribution in [2.24, 2.45) is 17.6 Å². The molecule has 0 bridgehead atoms. The first-order valence-corrected chi connectivity index (χ1v) is 18.1. The third kappa shape index (κ3) is 5.91. The number of aryl methyl sites for hydroxylation is 1. The van der Waals surface area contributed by atoms with Crippen molar-refractivity contribution in [2.45, 2.75) is 95.7 Å². The van der Waals surface area contributed by atoms with Gasteiger partial charge >= 0.3 is 0 Å². The second-order valence-corrected chi connectivity index (χ2v) is 15.0. The van der Waals surface area contributed by atoms with E-state index in [2.05, 4.69) is 17.6 Å². The van der Waals surface area contributed by atoms with Crippen LogP contribution in [0.15, 0.2) is 36.5 Å². The lowest BCUT2D eigenvalue weighted by Crippen LogP contribution is -2.45. The maximum atomic E-state index is 15.3. The Balaban J connectivity index is 1.11. The average molecular weight is 655 g/mol. The standard InChI is InChI=1S/C38H47FN6O3/c1-23-33-11-8-27(38(48)43-14-2-3-30(40)22-43)21-45(33)41-35(23)34-18-28-17-29(39)19-32(36(28)44(34)20-24-4-5-24)25-12-15-42(16-13-25)37(47)26-6-9-31(46)10-7-26/h8,11,17-19,21,24-26,30-31,46H,2-7,9-10,12-16,20,22,40H2,1H3. The fourth-order valence-corrected chi connectivity index (χ4v) is 8.58. The molecule has 2 saturated heterocycles. The first kappa shape index (κ1) is 31.5. The molecule has 1 unspecified atom stereocenters. The molecular formula is C38H47FN6O3. The zero-order chi connectivity index (χ0) is 33.1. The molecule has 4 aromatic rings. The maximum absolute atomic E-state index is 15.3. The monoisotopic (exact) mass is 654 g/mol. The normalized spacial score (nSPS) is 24.1. The number of rotatable bonds is 6. The Labute approximate surface area is 280 Å². The summed E-state index contributed by atoms with van der Waals surface area (Å²) in [5.41, 5.74) is 12.7. The molecule has 4 aliphatic rings. The largest absolute Gasteiger partial charge is 0.393 e. The van der Waals surface area contributed by atoms with Gasteiger partial charge in [-0.15, -0.1) is 0 Å². The Hall–Kier alpha value is -3.76. The van der Waals surface area contributed by atoms with Gasteiger partial charge in [0.15, 0.2) is 0 Å². The van der Waals surface area contributed by atoms with E-state index in [0.717, 1.165) is 90.5 Å². The van der Waals surface area contributed by atoms with Crippen LogP contribution in [0.2, 0.25) is 0 Å². The molecule has 2 amide bonds. The summed E-state index contributed by atoms with van der Waals surface area (Å²) >= 11 is 0. The smallest absolute Gasteiger partial charge is 0.255 e. The van der Waals surface area contributed by atoms with Crippen LogP contribution in [0, 0.1) is 24.6 Å². The van der Waals surface area contributed by atoms with Crippen LogP contribution in [0.3, 0.4) is 0 Å². The van der Waals surface area contributed by atoms with E-state index in [1.807, 2.05) is 32.6 Å². The number of benzene rings is 1. The number of nitrogens with two attached hydrogens (primary N) is 1. The van der Waals surface area contributed by atoms with E-state index in [0.29, 0.717) is 44.0 Å². The van der Waals surface area contributed by atoms with Crippen molar-refractivity contribution in [3.05, 3.63) is 59.0 Å². The second kappa shape index (κ2) is 12.6. The molecule has 254 valence electrons. The highest BCUT2D eigenvalue weighted by atomic mass is 19.1. The van der Waals surface area contributed by atoms with Gasteiger partial charge in [-0.3, -0.25) is 9.59 Å². The highest BCUT2D eigenvalue weighted by molar-refractivity contribution is 5.95. The van der Waals surface area contributed by atoms with E-state index >= 15 is 4.39 Å². The summed E-state index contributed by atoms with van der Waals surface area (Å²) in [5.74, 6) is 0.711. The Morgan fingerprint density at radius 1 is 0.958 bits per heavy atom. The van der Waals surface area contributed by atoms with Crippen LogP contribution in [-0.4, -0.2) is 79.2 Å². The van der Waals surface area contributed by atoms with Gasteiger partial charge in [-0.2, -0.15) is 5.10 Å². The van der Waals surface area contributed by atoms with Crippen molar-refractivity contribution in [2.75, 3.05) is 26.2 Å². The van der Waals surface area contributed by atoms with Crippen molar-refractivity contribution >= 4 is 28.2 Å². The van der Waals surface area contributed by atoms with Gasteiger partial charge in [-0.05, 0) is 119 Å². The summed E-state index contributed by atoms with van der Waals surface area (Å²) in [6.45, 7) is 5.56. The Bertz CT molecular complexity index is 1860. The zero-order valence-electron chi connectivity index (χ0n) is 27.9. The van der Waals surface area contributed by atoms with E-state index < -0.39 is 0 Å². The number of likely N-dealkylation sites (tertiary alicyclic amines) is 2. The molecule has 0 spiro atoms. The molecule has 3 aromatic heterocycles. The number of halogens is 1. The molecule has 2 aliphatic carbocycles. The van der Waals surface area contributed by atoms with Gasteiger partial charge in [0.2, 0.25) is 5.91 Å². The number of amides is 2. The van der Waals surface area contributed by atoms with Crippen LogP contribution in [0.5, 0.6) is 0 Å². The van der Waals surface area contributed by atoms with Gasteiger partial charge in [0.05, 0.1) is 28.4 Å². The average Bonchev–Trinajstić information content (AvgIpc) is 3.77. The third-order valence-electron chi connectivity index (χ3n) is 11.5. The van der Waals surface area contributed by atoms with E-state index in [1.165, 1.54) is 12.8 Å². The lowest BCUT2D eigenvalue weighted by molar-refractivity contribution is -0.138. The second-order valence-electron chi connectivity index (χ2n) is 15.0. The summed E-state index contributed by atoms with van der Waals surface area (Å²) in [4.78, 5) is 30.5. The predicted octanol–water partition coefficient (Wildman–Crippen LogP) is 5.63. The quantitative estimate of drug-likeness (QED) is 0.280. The van der Waals surface area contributed by atoms with Crippen LogP contribution in [0.4, 0.5) is 4.39 Å². The number of aliphatic hydroxyl groups is 1. The Morgan fingerprint density at radius 3 is 2.46 bits per heavy atom. The molecule has 4 fully saturated rings. The number of hydrogen-bond acceptors (Lipinski definition) is 5. The number of aromatic nitrogens is 3. The van der Waals surface area contributed by atoms with Crippen LogP contribution in [0.1, 0.15) is 91.6 Å². The van der Waals surface area contributed by atoms with Crippen molar-refractivity contribution in [3.63, 3.8) is 0 Å². The highest BCUT2D eigenvalue weighted by Crippen LogP contribution is 2.42. The van der Waals surface area contributed by atoms with Gasteiger partial charge in [0.25, 0.3) is 5.91 Å². The van der Waals surface area contributed by atoms with Crippen LogP contribution in [-0.2, 0) is 11.3 Å². The number of pyridine rings is 1. The Morgan fingerprint density at radius 2 is 1.73 bits per heavy atom. The topological polar surface area (TPSA) is 109 Å². The number of piperidine rings is 2. The number of hydrogen-bond donors (Lipinski definition) is 2. The third-order valence-corrected chi connectivity index (χ3v) is 11.5. The predicted molar refractivity (Wildman–Crippen MR) is 183 cm³/mol. The van der Waals surface area contributed by atoms with Crippen molar-refractivity contribution < 1.29 is 19.1 Å². The number of nitrogens with zero attached hydrogens (tertiary/aromatic N) is 5. The van der Waals surface area contributed by atoms with Gasteiger partial charge in [-0.1, -0.05) is 0 Å². The van der Waals surface area contributed by atoms with E-state index in [1.54, 1.807) is 12.1 Å². The zero-order valence-corrected chi connectivity index (χ0v) is 27.9. The van der Waals surface area contributed by atoms with Crippen molar-refractivity contribution in [1.29, 1.82) is 0 Å². The van der Waals surface area contributed by atoms with Crippen molar-refractivity contribution in [3.8, 4) is 11.4 Å². The van der Waals surface area contributed by atoms with Gasteiger partial charge < -0.3 is 25.2 Å². The lowest BCUT2D eigenvalue weighted by Gasteiger charge is -2.36. The van der Waals surface area contributed by atoms with Crippen LogP contribution < -0.4 is 5.73 Å². The number of aliphatic hydroxyl groups excluding tert-OH is 1. The van der Waals surface area contributed by atoms with Gasteiger partial charge in [0.1, 0.15) is 11.5 Å². The van der Waals surface area contributed by atoms with Gasteiger partial charge in [0, 0.05) is 61.8 Å². The Kier molecular flexibility index (Phi) is 8.27. The number of carbonyl (C=O) groups is 2. The van der Waals surface area contributed by atoms with Crippen LogP contribution >= 0.6 is 0 Å². The summed E-state index contributed by atoms with van der Waals surface area (Å²) in [6, 6.07) is 9.34. The fraction of sp³-hybridized carbons (Fsp3) is 0.553. The molecule has 8 rings (SSSR count). The van der Waals surface area contributed by atoms with E-state index in [4.69, 9.17) is 10.8 Å². The minimum atomic E-state index is -0.276. The minimum Gasteiger partial charge on any atom is -0.393 e. The van der Waals surface area contributed by atoms with Crippen LogP contribution in [0.25, 0.3) is 27.8 Å².